The van der Waals surface area contributed by atoms with E-state index in [4.69, 9.17) is 5.84 Å². The van der Waals surface area contributed by atoms with Crippen molar-refractivity contribution in [2.45, 2.75) is 17.2 Å². The topological polar surface area (TPSA) is 42.1 Å². The quantitative estimate of drug-likeness (QED) is 0.674. The Morgan fingerprint density at radius 2 is 2.47 bits per heavy atom. The van der Waals surface area contributed by atoms with E-state index in [9.17, 15) is 0 Å². The normalized spacial score (nSPS) is 30.7. The van der Waals surface area contributed by atoms with Gasteiger partial charge in [0.05, 0.1) is 0 Å². The summed E-state index contributed by atoms with van der Waals surface area (Å²) in [6.07, 6.45) is 5.12. The SMILES string of the molecule is NN1CCC2CSc3cnccc3[C@H]2C1. The lowest BCUT2D eigenvalue weighted by Crippen LogP contribution is -2.44. The van der Waals surface area contributed by atoms with Gasteiger partial charge in [-0.3, -0.25) is 10.8 Å². The zero-order chi connectivity index (χ0) is 10.3. The van der Waals surface area contributed by atoms with Gasteiger partial charge in [-0.1, -0.05) is 0 Å². The highest BCUT2D eigenvalue weighted by molar-refractivity contribution is 7.99. The molecule has 0 amide bonds. The van der Waals surface area contributed by atoms with Crippen LogP contribution < -0.4 is 5.84 Å². The van der Waals surface area contributed by atoms with Gasteiger partial charge in [-0.2, -0.15) is 0 Å². The highest BCUT2D eigenvalue weighted by atomic mass is 32.2. The first-order valence-corrected chi connectivity index (χ1v) is 6.39. The molecular formula is C11H15N3S. The number of pyridine rings is 1. The van der Waals surface area contributed by atoms with Crippen LogP contribution in [0.3, 0.4) is 0 Å². The van der Waals surface area contributed by atoms with Crippen molar-refractivity contribution < 1.29 is 0 Å². The fourth-order valence-corrected chi connectivity index (χ4v) is 3.91. The van der Waals surface area contributed by atoms with Crippen LogP contribution in [0, 0.1) is 5.92 Å². The third-order valence-electron chi connectivity index (χ3n) is 3.46. The molecule has 1 aromatic rings. The Morgan fingerprint density at radius 1 is 1.53 bits per heavy atom. The summed E-state index contributed by atoms with van der Waals surface area (Å²) < 4.78 is 0. The van der Waals surface area contributed by atoms with E-state index in [0.717, 1.165) is 19.0 Å². The molecular weight excluding hydrogens is 206 g/mol. The number of nitrogens with zero attached hydrogens (tertiary/aromatic N) is 2. The van der Waals surface area contributed by atoms with Crippen molar-refractivity contribution in [2.24, 2.45) is 11.8 Å². The summed E-state index contributed by atoms with van der Waals surface area (Å²) in [6, 6.07) is 2.16. The number of nitrogens with two attached hydrogens (primary N) is 1. The van der Waals surface area contributed by atoms with E-state index >= 15 is 0 Å². The number of fused-ring (bicyclic) bond motifs is 3. The number of piperidine rings is 1. The molecule has 2 aliphatic heterocycles. The van der Waals surface area contributed by atoms with Crippen LogP contribution in [0.2, 0.25) is 0 Å². The molecule has 0 spiro atoms. The minimum atomic E-state index is 0.628. The van der Waals surface area contributed by atoms with Crippen molar-refractivity contribution in [1.82, 2.24) is 9.99 Å². The fraction of sp³-hybridized carbons (Fsp3) is 0.545. The van der Waals surface area contributed by atoms with Gasteiger partial charge < -0.3 is 0 Å². The summed E-state index contributed by atoms with van der Waals surface area (Å²) >= 11 is 1.95. The minimum Gasteiger partial charge on any atom is -0.269 e. The Bertz CT molecular complexity index is 369. The van der Waals surface area contributed by atoms with Crippen molar-refractivity contribution in [1.29, 1.82) is 0 Å². The van der Waals surface area contributed by atoms with Gasteiger partial charge in [-0.15, -0.1) is 11.8 Å². The molecule has 1 fully saturated rings. The van der Waals surface area contributed by atoms with Crippen LogP contribution in [-0.2, 0) is 0 Å². The monoisotopic (exact) mass is 221 g/mol. The van der Waals surface area contributed by atoms with E-state index in [2.05, 4.69) is 11.1 Å². The summed E-state index contributed by atoms with van der Waals surface area (Å²) in [5.74, 6) is 8.58. The fourth-order valence-electron chi connectivity index (χ4n) is 2.59. The van der Waals surface area contributed by atoms with E-state index in [1.54, 1.807) is 0 Å². The summed E-state index contributed by atoms with van der Waals surface area (Å²) in [6.45, 7) is 2.05. The van der Waals surface area contributed by atoms with Gasteiger partial charge in [0.25, 0.3) is 0 Å². The first-order valence-electron chi connectivity index (χ1n) is 5.41. The Kier molecular flexibility index (Phi) is 2.42. The number of thioether (sulfide) groups is 1. The second-order valence-electron chi connectivity index (χ2n) is 4.37. The van der Waals surface area contributed by atoms with Crippen LogP contribution >= 0.6 is 11.8 Å². The molecule has 3 heterocycles. The Labute approximate surface area is 94.0 Å². The molecule has 1 unspecified atom stereocenters. The maximum atomic E-state index is 5.91. The second kappa shape index (κ2) is 3.77. The van der Waals surface area contributed by atoms with Gasteiger partial charge >= 0.3 is 0 Å². The van der Waals surface area contributed by atoms with Crippen LogP contribution in [0.1, 0.15) is 17.9 Å². The van der Waals surface area contributed by atoms with E-state index in [-0.39, 0.29) is 0 Å². The van der Waals surface area contributed by atoms with Crippen molar-refractivity contribution in [2.75, 3.05) is 18.8 Å². The van der Waals surface area contributed by atoms with E-state index < -0.39 is 0 Å². The van der Waals surface area contributed by atoms with Crippen molar-refractivity contribution in [3.05, 3.63) is 24.0 Å². The Hall–Kier alpha value is -0.580. The molecule has 0 aromatic carbocycles. The predicted molar refractivity (Wildman–Crippen MR) is 61.6 cm³/mol. The first-order chi connectivity index (χ1) is 7.34. The second-order valence-corrected chi connectivity index (χ2v) is 5.44. The van der Waals surface area contributed by atoms with Gasteiger partial charge in [0.2, 0.25) is 0 Å². The van der Waals surface area contributed by atoms with E-state index in [1.807, 2.05) is 29.2 Å². The van der Waals surface area contributed by atoms with Crippen LogP contribution in [0.5, 0.6) is 0 Å². The number of hydrazine groups is 1. The third-order valence-corrected chi connectivity index (χ3v) is 4.70. The molecule has 2 aliphatic rings. The number of aromatic nitrogens is 1. The van der Waals surface area contributed by atoms with Crippen LogP contribution in [-0.4, -0.2) is 28.8 Å². The third kappa shape index (κ3) is 1.67. The lowest BCUT2D eigenvalue weighted by Gasteiger charge is -2.40. The standard InChI is InChI=1S/C11H15N3S/c12-14-4-2-8-7-15-11-5-13-3-1-9(11)10(8)6-14/h1,3,5,8,10H,2,4,6-7,12H2/t8?,10-/m0/s1. The van der Waals surface area contributed by atoms with Crippen molar-refractivity contribution in [3.63, 3.8) is 0 Å². The molecule has 15 heavy (non-hydrogen) atoms. The summed E-state index contributed by atoms with van der Waals surface area (Å²) in [5, 5.41) is 1.96. The van der Waals surface area contributed by atoms with Gasteiger partial charge in [0.15, 0.2) is 0 Å². The number of hydrogen-bond donors (Lipinski definition) is 1. The molecule has 2 atom stereocenters. The first kappa shape index (κ1) is 9.63. The predicted octanol–water partition coefficient (Wildman–Crippen LogP) is 1.47. The molecule has 4 heteroatoms. The molecule has 3 nitrogen and oxygen atoms in total. The zero-order valence-electron chi connectivity index (χ0n) is 8.60. The molecule has 3 rings (SSSR count). The Morgan fingerprint density at radius 3 is 3.40 bits per heavy atom. The highest BCUT2D eigenvalue weighted by Crippen LogP contribution is 2.43. The summed E-state index contributed by atoms with van der Waals surface area (Å²) in [5.41, 5.74) is 1.46. The lowest BCUT2D eigenvalue weighted by atomic mass is 9.82. The molecule has 0 saturated carbocycles. The largest absolute Gasteiger partial charge is 0.269 e. The summed E-state index contributed by atoms with van der Waals surface area (Å²) in [7, 11) is 0. The van der Waals surface area contributed by atoms with Gasteiger partial charge in [0.1, 0.15) is 0 Å². The average Bonchev–Trinajstić information content (AvgIpc) is 2.29. The lowest BCUT2D eigenvalue weighted by molar-refractivity contribution is 0.169. The van der Waals surface area contributed by atoms with Crippen LogP contribution in [0.15, 0.2) is 23.4 Å². The molecule has 0 aliphatic carbocycles. The van der Waals surface area contributed by atoms with Gasteiger partial charge in [-0.25, -0.2) is 5.01 Å². The summed E-state index contributed by atoms with van der Waals surface area (Å²) in [4.78, 5) is 5.54. The Balaban J connectivity index is 1.96. The molecule has 1 saturated heterocycles. The molecule has 0 bridgehead atoms. The molecule has 80 valence electrons. The average molecular weight is 221 g/mol. The van der Waals surface area contributed by atoms with Gasteiger partial charge in [0, 0.05) is 42.0 Å². The highest BCUT2D eigenvalue weighted by Gasteiger charge is 2.33. The number of rotatable bonds is 0. The molecule has 0 radical (unpaired) electrons. The number of hydrogen-bond acceptors (Lipinski definition) is 4. The maximum absolute atomic E-state index is 5.91. The van der Waals surface area contributed by atoms with Gasteiger partial charge in [-0.05, 0) is 24.0 Å². The molecule has 1 aromatic heterocycles. The van der Waals surface area contributed by atoms with Crippen LogP contribution in [0.4, 0.5) is 0 Å². The van der Waals surface area contributed by atoms with E-state index in [0.29, 0.717) is 5.92 Å². The minimum absolute atomic E-state index is 0.628. The maximum Gasteiger partial charge on any atom is 0.0406 e. The van der Waals surface area contributed by atoms with Crippen LogP contribution in [0.25, 0.3) is 0 Å². The zero-order valence-corrected chi connectivity index (χ0v) is 9.41. The molecule has 2 N–H and O–H groups in total. The van der Waals surface area contributed by atoms with Crippen molar-refractivity contribution >= 4 is 11.8 Å². The smallest absolute Gasteiger partial charge is 0.0406 e. The van der Waals surface area contributed by atoms with E-state index in [1.165, 1.54) is 22.6 Å². The van der Waals surface area contributed by atoms with Crippen molar-refractivity contribution in [3.8, 4) is 0 Å².